The molecule has 168 valence electrons. The van der Waals surface area contributed by atoms with E-state index in [4.69, 9.17) is 9.52 Å². The second-order valence-corrected chi connectivity index (χ2v) is 9.17. The quantitative estimate of drug-likeness (QED) is 0.571. The van der Waals surface area contributed by atoms with E-state index in [-0.39, 0.29) is 17.4 Å². The molecule has 0 radical (unpaired) electrons. The minimum atomic E-state index is -0.168. The minimum Gasteiger partial charge on any atom is -0.357 e. The summed E-state index contributed by atoms with van der Waals surface area (Å²) in [5.74, 6) is 2.35. The van der Waals surface area contributed by atoms with E-state index in [0.29, 0.717) is 18.3 Å². The van der Waals surface area contributed by atoms with Crippen molar-refractivity contribution in [2.24, 2.45) is 4.99 Å². The zero-order chi connectivity index (χ0) is 21.7. The average Bonchev–Trinajstić information content (AvgIpc) is 3.42. The fourth-order valence-corrected chi connectivity index (χ4v) is 3.87. The van der Waals surface area contributed by atoms with Crippen molar-refractivity contribution >= 4 is 11.9 Å². The van der Waals surface area contributed by atoms with Gasteiger partial charge in [0.05, 0.1) is 6.04 Å². The first-order chi connectivity index (χ1) is 14.3. The lowest BCUT2D eigenvalue weighted by atomic mass is 9.97. The Morgan fingerprint density at radius 2 is 1.80 bits per heavy atom. The number of hydrogen-bond donors (Lipinski definition) is 1. The average molecular weight is 420 g/mol. The predicted octanol–water partition coefficient (Wildman–Crippen LogP) is 1.46. The first kappa shape index (κ1) is 22.5. The number of nitrogens with zero attached hydrogens (tertiary/aromatic N) is 6. The van der Waals surface area contributed by atoms with Crippen molar-refractivity contribution in [3.8, 4) is 0 Å². The molecule has 0 spiro atoms. The first-order valence-electron chi connectivity index (χ1n) is 11.2. The van der Waals surface area contributed by atoms with E-state index < -0.39 is 0 Å². The number of aromatic nitrogens is 2. The third-order valence-corrected chi connectivity index (χ3v) is 5.75. The fraction of sp³-hybridized carbons (Fsp3) is 0.810. The molecule has 0 saturated carbocycles. The summed E-state index contributed by atoms with van der Waals surface area (Å²) in [5.41, 5.74) is -0.168. The summed E-state index contributed by atoms with van der Waals surface area (Å²) in [6, 6.07) is -0.0556. The molecule has 2 fully saturated rings. The number of nitrogens with one attached hydrogen (secondary N) is 1. The number of piperazine rings is 1. The summed E-state index contributed by atoms with van der Waals surface area (Å²) < 4.78 is 5.36. The Kier molecular flexibility index (Phi) is 7.33. The van der Waals surface area contributed by atoms with Gasteiger partial charge in [-0.25, -0.2) is 4.99 Å². The molecule has 1 amide bonds. The number of carbonyl (C=O) groups excluding carboxylic acids is 1. The Bertz CT molecular complexity index is 726. The van der Waals surface area contributed by atoms with Crippen molar-refractivity contribution in [1.82, 2.24) is 30.2 Å². The lowest BCUT2D eigenvalue weighted by Crippen LogP contribution is -2.57. The molecule has 2 saturated heterocycles. The molecule has 3 rings (SSSR count). The molecule has 1 atom stereocenters. The molecule has 3 heterocycles. The van der Waals surface area contributed by atoms with Crippen LogP contribution in [0.25, 0.3) is 0 Å². The highest BCUT2D eigenvalue weighted by atomic mass is 16.5. The minimum absolute atomic E-state index is 0.0556. The topological polar surface area (TPSA) is 90.1 Å². The summed E-state index contributed by atoms with van der Waals surface area (Å²) in [6.07, 6.45) is 2.26. The van der Waals surface area contributed by atoms with Crippen molar-refractivity contribution < 1.29 is 9.32 Å². The summed E-state index contributed by atoms with van der Waals surface area (Å²) in [5, 5.41) is 7.43. The van der Waals surface area contributed by atoms with Crippen LogP contribution in [0.15, 0.2) is 9.52 Å². The van der Waals surface area contributed by atoms with Crippen LogP contribution in [0.1, 0.15) is 59.2 Å². The van der Waals surface area contributed by atoms with Crippen LogP contribution >= 0.6 is 0 Å². The highest BCUT2D eigenvalue weighted by Gasteiger charge is 2.30. The zero-order valence-corrected chi connectivity index (χ0v) is 19.1. The van der Waals surface area contributed by atoms with Crippen molar-refractivity contribution in [3.05, 3.63) is 11.7 Å². The number of carbonyl (C=O) groups is 1. The maximum Gasteiger partial charge on any atom is 0.239 e. The second-order valence-electron chi connectivity index (χ2n) is 9.17. The highest BCUT2D eigenvalue weighted by molar-refractivity contribution is 5.82. The van der Waals surface area contributed by atoms with Crippen molar-refractivity contribution in [2.75, 3.05) is 45.8 Å². The lowest BCUT2D eigenvalue weighted by Gasteiger charge is -2.39. The van der Waals surface area contributed by atoms with Gasteiger partial charge >= 0.3 is 0 Å². The Hall–Kier alpha value is -2.16. The molecule has 1 unspecified atom stereocenters. The molecule has 1 N–H and O–H groups in total. The van der Waals surface area contributed by atoms with Gasteiger partial charge in [0.15, 0.2) is 11.8 Å². The van der Waals surface area contributed by atoms with Crippen molar-refractivity contribution in [3.63, 3.8) is 0 Å². The van der Waals surface area contributed by atoms with Crippen LogP contribution in [-0.2, 0) is 16.8 Å². The van der Waals surface area contributed by atoms with Crippen molar-refractivity contribution in [1.29, 1.82) is 0 Å². The van der Waals surface area contributed by atoms with E-state index in [9.17, 15) is 4.79 Å². The molecule has 9 heteroatoms. The molecule has 2 aliphatic heterocycles. The maximum absolute atomic E-state index is 12.7. The van der Waals surface area contributed by atoms with Gasteiger partial charge in [-0.3, -0.25) is 9.69 Å². The van der Waals surface area contributed by atoms with E-state index in [1.165, 1.54) is 0 Å². The Morgan fingerprint density at radius 3 is 2.37 bits per heavy atom. The second kappa shape index (κ2) is 9.76. The Labute approximate surface area is 179 Å². The first-order valence-corrected chi connectivity index (χ1v) is 11.2. The Balaban J connectivity index is 1.56. The van der Waals surface area contributed by atoms with E-state index in [2.05, 4.69) is 32.2 Å². The SMILES string of the molecule is CCNC(=NCc1noc(C(C)(C)C)n1)N1CCN(C(C)C(=O)N2CCCC2)CC1. The molecule has 1 aromatic rings. The monoisotopic (exact) mass is 419 g/mol. The van der Waals surface area contributed by atoms with E-state index in [1.54, 1.807) is 0 Å². The number of aliphatic imine (C=N–C) groups is 1. The maximum atomic E-state index is 12.7. The van der Waals surface area contributed by atoms with Gasteiger partial charge in [-0.1, -0.05) is 25.9 Å². The largest absolute Gasteiger partial charge is 0.357 e. The molecule has 9 nitrogen and oxygen atoms in total. The van der Waals surface area contributed by atoms with Gasteiger partial charge in [-0.15, -0.1) is 0 Å². The molecule has 0 bridgehead atoms. The molecule has 0 aliphatic carbocycles. The Morgan fingerprint density at radius 1 is 1.13 bits per heavy atom. The molecular formula is C21H37N7O2. The smallest absolute Gasteiger partial charge is 0.239 e. The van der Waals surface area contributed by atoms with Crippen LogP contribution in [0.2, 0.25) is 0 Å². The molecular weight excluding hydrogens is 382 g/mol. The molecule has 30 heavy (non-hydrogen) atoms. The molecule has 2 aliphatic rings. The van der Waals surface area contributed by atoms with Crippen LogP contribution in [0, 0.1) is 0 Å². The number of hydrogen-bond acceptors (Lipinski definition) is 6. The third kappa shape index (κ3) is 5.50. The van der Waals surface area contributed by atoms with Gasteiger partial charge < -0.3 is 19.6 Å². The standard InChI is InChI=1S/C21H37N7O2/c1-6-22-20(23-15-17-24-19(30-25-17)21(3,4)5)28-13-11-26(12-14-28)16(2)18(29)27-9-7-8-10-27/h16H,6-15H2,1-5H3,(H,22,23). The summed E-state index contributed by atoms with van der Waals surface area (Å²) in [6.45, 7) is 16.6. The molecule has 1 aromatic heterocycles. The van der Waals surface area contributed by atoms with E-state index >= 15 is 0 Å². The molecule has 0 aromatic carbocycles. The summed E-state index contributed by atoms with van der Waals surface area (Å²) in [7, 11) is 0. The van der Waals surface area contributed by atoms with Gasteiger partial charge in [0.1, 0.15) is 6.54 Å². The summed E-state index contributed by atoms with van der Waals surface area (Å²) >= 11 is 0. The highest BCUT2D eigenvalue weighted by Crippen LogP contribution is 2.20. The van der Waals surface area contributed by atoms with Crippen LogP contribution < -0.4 is 5.32 Å². The van der Waals surface area contributed by atoms with Gasteiger partial charge in [0.25, 0.3) is 0 Å². The van der Waals surface area contributed by atoms with Crippen LogP contribution in [0.3, 0.4) is 0 Å². The fourth-order valence-electron chi connectivity index (χ4n) is 3.87. The predicted molar refractivity (Wildman–Crippen MR) is 116 cm³/mol. The number of amides is 1. The third-order valence-electron chi connectivity index (χ3n) is 5.75. The van der Waals surface area contributed by atoms with E-state index in [0.717, 1.165) is 64.6 Å². The lowest BCUT2D eigenvalue weighted by molar-refractivity contribution is -0.135. The number of rotatable bonds is 5. The van der Waals surface area contributed by atoms with Crippen LogP contribution in [0.5, 0.6) is 0 Å². The van der Waals surface area contributed by atoms with Gasteiger partial charge in [-0.2, -0.15) is 4.98 Å². The normalized spacial score (nSPS) is 20.0. The van der Waals surface area contributed by atoms with E-state index in [1.807, 2.05) is 32.6 Å². The van der Waals surface area contributed by atoms with Crippen LogP contribution in [0.4, 0.5) is 0 Å². The van der Waals surface area contributed by atoms with Gasteiger partial charge in [0.2, 0.25) is 11.8 Å². The zero-order valence-electron chi connectivity index (χ0n) is 19.1. The summed E-state index contributed by atoms with van der Waals surface area (Å²) in [4.78, 5) is 28.4. The van der Waals surface area contributed by atoms with Gasteiger partial charge in [0, 0.05) is 51.2 Å². The van der Waals surface area contributed by atoms with Gasteiger partial charge in [-0.05, 0) is 26.7 Å². The van der Waals surface area contributed by atoms with Crippen molar-refractivity contribution in [2.45, 2.75) is 65.5 Å². The number of guanidine groups is 1. The van der Waals surface area contributed by atoms with Crippen LogP contribution in [-0.4, -0.2) is 88.6 Å². The number of likely N-dealkylation sites (tertiary alicyclic amines) is 1.